The fraction of sp³-hybridized carbons (Fsp3) is 0.524. The van der Waals surface area contributed by atoms with E-state index in [1.54, 1.807) is 11.8 Å². The van der Waals surface area contributed by atoms with E-state index in [9.17, 15) is 4.79 Å². The van der Waals surface area contributed by atoms with Crippen molar-refractivity contribution in [1.82, 2.24) is 14.9 Å². The van der Waals surface area contributed by atoms with Gasteiger partial charge in [0.1, 0.15) is 5.82 Å². The number of hydrogen-bond donors (Lipinski definition) is 1. The standard InChI is InChI=1S/C21H27N3OS/c1-26-17-9-7-15(8-10-17)13-24-12-11-19-18(14-24)21(25)23-20(22-19)16-5-3-2-4-6-16/h7-10,16H,2-6,11-14H2,1H3,(H,22,23,25). The van der Waals surface area contributed by atoms with E-state index in [1.165, 1.54) is 42.6 Å². The van der Waals surface area contributed by atoms with Gasteiger partial charge in [-0.15, -0.1) is 11.8 Å². The largest absolute Gasteiger partial charge is 0.310 e. The van der Waals surface area contributed by atoms with Gasteiger partial charge < -0.3 is 4.98 Å². The van der Waals surface area contributed by atoms with E-state index in [0.29, 0.717) is 12.5 Å². The molecule has 2 heterocycles. The number of benzene rings is 1. The zero-order valence-corrected chi connectivity index (χ0v) is 16.3. The summed E-state index contributed by atoms with van der Waals surface area (Å²) in [7, 11) is 0. The third kappa shape index (κ3) is 3.89. The van der Waals surface area contributed by atoms with Gasteiger partial charge in [0.2, 0.25) is 0 Å². The molecule has 0 amide bonds. The molecule has 5 heteroatoms. The van der Waals surface area contributed by atoms with E-state index < -0.39 is 0 Å². The number of aromatic nitrogens is 2. The Labute approximate surface area is 159 Å². The molecule has 1 aliphatic heterocycles. The second-order valence-electron chi connectivity index (χ2n) is 7.52. The number of rotatable bonds is 4. The van der Waals surface area contributed by atoms with Gasteiger partial charge in [-0.2, -0.15) is 0 Å². The molecule has 4 rings (SSSR count). The molecule has 1 aromatic carbocycles. The highest BCUT2D eigenvalue weighted by molar-refractivity contribution is 7.98. The minimum absolute atomic E-state index is 0.0815. The Morgan fingerprint density at radius 3 is 2.69 bits per heavy atom. The number of H-pyrrole nitrogens is 1. The van der Waals surface area contributed by atoms with Crippen LogP contribution in [0.1, 0.15) is 60.7 Å². The summed E-state index contributed by atoms with van der Waals surface area (Å²) in [6, 6.07) is 8.72. The molecule has 1 aliphatic carbocycles. The molecule has 4 nitrogen and oxygen atoms in total. The summed E-state index contributed by atoms with van der Waals surface area (Å²) < 4.78 is 0. The van der Waals surface area contributed by atoms with Gasteiger partial charge in [-0.1, -0.05) is 31.4 Å². The lowest BCUT2D eigenvalue weighted by atomic mass is 9.88. The van der Waals surface area contributed by atoms with Crippen molar-refractivity contribution in [2.45, 2.75) is 62.4 Å². The summed E-state index contributed by atoms with van der Waals surface area (Å²) in [6.07, 6.45) is 9.14. The van der Waals surface area contributed by atoms with Crippen LogP contribution in [0.2, 0.25) is 0 Å². The van der Waals surface area contributed by atoms with E-state index in [0.717, 1.165) is 36.6 Å². The van der Waals surface area contributed by atoms with Crippen LogP contribution < -0.4 is 5.56 Å². The predicted octanol–water partition coefficient (Wildman–Crippen LogP) is 4.10. The lowest BCUT2D eigenvalue weighted by molar-refractivity contribution is 0.241. The summed E-state index contributed by atoms with van der Waals surface area (Å²) in [6.45, 7) is 2.56. The lowest BCUT2D eigenvalue weighted by Crippen LogP contribution is -2.36. The van der Waals surface area contributed by atoms with Crippen LogP contribution in [0.5, 0.6) is 0 Å². The topological polar surface area (TPSA) is 49.0 Å². The van der Waals surface area contributed by atoms with Gasteiger partial charge in [-0.25, -0.2) is 4.98 Å². The third-order valence-electron chi connectivity index (χ3n) is 5.72. The average Bonchev–Trinajstić information content (AvgIpc) is 2.69. The Morgan fingerprint density at radius 1 is 1.19 bits per heavy atom. The van der Waals surface area contributed by atoms with Crippen LogP contribution in [0.25, 0.3) is 0 Å². The van der Waals surface area contributed by atoms with Crippen LogP contribution in [-0.2, 0) is 19.5 Å². The van der Waals surface area contributed by atoms with Gasteiger partial charge in [0.15, 0.2) is 0 Å². The molecule has 1 aromatic heterocycles. The van der Waals surface area contributed by atoms with Crippen molar-refractivity contribution in [2.75, 3.05) is 12.8 Å². The first-order valence-electron chi connectivity index (χ1n) is 9.70. The molecule has 0 bridgehead atoms. The first kappa shape index (κ1) is 17.8. The Balaban J connectivity index is 1.48. The van der Waals surface area contributed by atoms with Gasteiger partial charge in [0.25, 0.3) is 5.56 Å². The van der Waals surface area contributed by atoms with Gasteiger partial charge in [-0.3, -0.25) is 9.69 Å². The molecule has 1 saturated carbocycles. The normalized spacial score (nSPS) is 18.7. The van der Waals surface area contributed by atoms with Crippen molar-refractivity contribution in [3.63, 3.8) is 0 Å². The van der Waals surface area contributed by atoms with Crippen molar-refractivity contribution in [1.29, 1.82) is 0 Å². The van der Waals surface area contributed by atoms with Gasteiger partial charge >= 0.3 is 0 Å². The molecule has 0 radical (unpaired) electrons. The summed E-state index contributed by atoms with van der Waals surface area (Å²) in [4.78, 5) is 24.3. The molecule has 1 fully saturated rings. The number of nitrogens with zero attached hydrogens (tertiary/aromatic N) is 2. The second kappa shape index (κ2) is 7.97. The molecule has 0 unspecified atom stereocenters. The van der Waals surface area contributed by atoms with Gasteiger partial charge in [-0.05, 0) is 36.8 Å². The molecule has 2 aromatic rings. The fourth-order valence-electron chi connectivity index (χ4n) is 4.19. The van der Waals surface area contributed by atoms with Crippen LogP contribution in [0.4, 0.5) is 0 Å². The van der Waals surface area contributed by atoms with E-state index in [4.69, 9.17) is 4.98 Å². The third-order valence-corrected chi connectivity index (χ3v) is 6.47. The maximum absolute atomic E-state index is 12.7. The Kier molecular flexibility index (Phi) is 5.46. The molecule has 26 heavy (non-hydrogen) atoms. The highest BCUT2D eigenvalue weighted by Crippen LogP contribution is 2.30. The Morgan fingerprint density at radius 2 is 1.96 bits per heavy atom. The summed E-state index contributed by atoms with van der Waals surface area (Å²) in [5, 5.41) is 0. The number of hydrogen-bond acceptors (Lipinski definition) is 4. The van der Waals surface area contributed by atoms with Crippen molar-refractivity contribution in [3.05, 3.63) is 57.3 Å². The highest BCUT2D eigenvalue weighted by Gasteiger charge is 2.24. The Hall–Kier alpha value is -1.59. The van der Waals surface area contributed by atoms with E-state index >= 15 is 0 Å². The molecule has 0 saturated heterocycles. The van der Waals surface area contributed by atoms with E-state index in [2.05, 4.69) is 40.4 Å². The number of thioether (sulfide) groups is 1. The van der Waals surface area contributed by atoms with Gasteiger partial charge in [0, 0.05) is 36.9 Å². The van der Waals surface area contributed by atoms with Crippen molar-refractivity contribution >= 4 is 11.8 Å². The van der Waals surface area contributed by atoms with Crippen LogP contribution in [-0.4, -0.2) is 27.7 Å². The molecule has 2 aliphatic rings. The summed E-state index contributed by atoms with van der Waals surface area (Å²) in [5.41, 5.74) is 3.28. The van der Waals surface area contributed by atoms with E-state index in [-0.39, 0.29) is 5.56 Å². The quantitative estimate of drug-likeness (QED) is 0.825. The molecular weight excluding hydrogens is 342 g/mol. The zero-order chi connectivity index (χ0) is 17.9. The monoisotopic (exact) mass is 369 g/mol. The summed E-state index contributed by atoms with van der Waals surface area (Å²) in [5.74, 6) is 1.39. The highest BCUT2D eigenvalue weighted by atomic mass is 32.2. The Bertz CT molecular complexity index is 809. The first-order chi connectivity index (χ1) is 12.7. The molecule has 0 atom stereocenters. The van der Waals surface area contributed by atoms with E-state index in [1.807, 2.05) is 0 Å². The van der Waals surface area contributed by atoms with Crippen LogP contribution >= 0.6 is 11.8 Å². The smallest absolute Gasteiger partial charge is 0.255 e. The minimum Gasteiger partial charge on any atom is -0.310 e. The fourth-order valence-corrected chi connectivity index (χ4v) is 4.60. The zero-order valence-electron chi connectivity index (χ0n) is 15.5. The van der Waals surface area contributed by atoms with Crippen molar-refractivity contribution < 1.29 is 0 Å². The molecule has 0 spiro atoms. The van der Waals surface area contributed by atoms with Crippen molar-refractivity contribution in [2.24, 2.45) is 0 Å². The maximum atomic E-state index is 12.7. The minimum atomic E-state index is 0.0815. The van der Waals surface area contributed by atoms with Crippen LogP contribution in [0, 0.1) is 0 Å². The molecule has 1 N–H and O–H groups in total. The predicted molar refractivity (Wildman–Crippen MR) is 107 cm³/mol. The number of aromatic amines is 1. The molecule has 138 valence electrons. The number of nitrogens with one attached hydrogen (secondary N) is 1. The van der Waals surface area contributed by atoms with Gasteiger partial charge in [0.05, 0.1) is 11.3 Å². The van der Waals surface area contributed by atoms with Crippen molar-refractivity contribution in [3.8, 4) is 0 Å². The molecular formula is C21H27N3OS. The maximum Gasteiger partial charge on any atom is 0.255 e. The van der Waals surface area contributed by atoms with Crippen LogP contribution in [0.3, 0.4) is 0 Å². The summed E-state index contributed by atoms with van der Waals surface area (Å²) >= 11 is 1.76. The lowest BCUT2D eigenvalue weighted by Gasteiger charge is -2.29. The average molecular weight is 370 g/mol. The SMILES string of the molecule is CSc1ccc(CN2CCc3nc(C4CCCCC4)[nH]c(=O)c3C2)cc1. The first-order valence-corrected chi connectivity index (χ1v) is 10.9. The van der Waals surface area contributed by atoms with Crippen LogP contribution in [0.15, 0.2) is 34.0 Å². The second-order valence-corrected chi connectivity index (χ2v) is 8.40. The number of fused-ring (bicyclic) bond motifs is 1.